The fourth-order valence-electron chi connectivity index (χ4n) is 7.67. The van der Waals surface area contributed by atoms with Crippen LogP contribution in [0.15, 0.2) is 47.0 Å². The van der Waals surface area contributed by atoms with E-state index in [0.717, 1.165) is 47.2 Å². The fraction of sp³-hybridized carbons (Fsp3) is 0.765. The van der Waals surface area contributed by atoms with E-state index in [-0.39, 0.29) is 0 Å². The molecule has 4 atom stereocenters. The van der Waals surface area contributed by atoms with Crippen LogP contribution in [-0.4, -0.2) is 14.2 Å². The molecular formula is C34H56O2. The highest BCUT2D eigenvalue weighted by molar-refractivity contribution is 5.21. The summed E-state index contributed by atoms with van der Waals surface area (Å²) in [6.45, 7) is 14.0. The predicted molar refractivity (Wildman–Crippen MR) is 154 cm³/mol. The third-order valence-electron chi connectivity index (χ3n) is 10.1. The van der Waals surface area contributed by atoms with E-state index in [0.29, 0.717) is 5.92 Å². The van der Waals surface area contributed by atoms with Gasteiger partial charge in [0.2, 0.25) is 0 Å². The molecule has 3 aliphatic rings. The lowest BCUT2D eigenvalue weighted by molar-refractivity contribution is 0.0743. The Morgan fingerprint density at radius 2 is 1.17 bits per heavy atom. The van der Waals surface area contributed by atoms with Gasteiger partial charge in [-0.2, -0.15) is 0 Å². The summed E-state index contributed by atoms with van der Waals surface area (Å²) in [4.78, 5) is 0. The third-order valence-corrected chi connectivity index (χ3v) is 10.1. The number of rotatable bonds is 12. The molecule has 0 saturated heterocycles. The molecule has 0 radical (unpaired) electrons. The van der Waals surface area contributed by atoms with Crippen LogP contribution in [-0.2, 0) is 9.47 Å². The Bertz CT molecular complexity index is 791. The van der Waals surface area contributed by atoms with Gasteiger partial charge in [0.05, 0.1) is 25.7 Å². The van der Waals surface area contributed by atoms with E-state index in [4.69, 9.17) is 9.47 Å². The molecule has 0 amide bonds. The summed E-state index contributed by atoms with van der Waals surface area (Å²) in [5.41, 5.74) is 3.18. The van der Waals surface area contributed by atoms with Crippen molar-refractivity contribution in [3.63, 3.8) is 0 Å². The summed E-state index contributed by atoms with van der Waals surface area (Å²) in [6.07, 6.45) is 22.8. The van der Waals surface area contributed by atoms with Crippen molar-refractivity contribution in [2.45, 2.75) is 106 Å². The number of methoxy groups -OCH3 is 2. The average molecular weight is 497 g/mol. The van der Waals surface area contributed by atoms with Gasteiger partial charge in [-0.1, -0.05) is 76.7 Å². The van der Waals surface area contributed by atoms with Gasteiger partial charge in [0, 0.05) is 5.92 Å². The first-order chi connectivity index (χ1) is 17.2. The highest BCUT2D eigenvalue weighted by Crippen LogP contribution is 2.47. The van der Waals surface area contributed by atoms with E-state index in [2.05, 4.69) is 65.8 Å². The smallest absolute Gasteiger partial charge is 0.0991 e. The molecule has 0 aromatic rings. The Morgan fingerprint density at radius 1 is 0.639 bits per heavy atom. The van der Waals surface area contributed by atoms with Gasteiger partial charge in [-0.15, -0.1) is 0 Å². The van der Waals surface area contributed by atoms with Crippen molar-refractivity contribution in [3.8, 4) is 0 Å². The molecular weight excluding hydrogens is 440 g/mol. The molecule has 0 heterocycles. The van der Waals surface area contributed by atoms with E-state index >= 15 is 0 Å². The summed E-state index contributed by atoms with van der Waals surface area (Å²) in [5, 5.41) is 0. The molecule has 0 aromatic carbocycles. The van der Waals surface area contributed by atoms with Gasteiger partial charge in [-0.3, -0.25) is 0 Å². The molecule has 3 rings (SSSR count). The minimum atomic E-state index is 0.612. The van der Waals surface area contributed by atoms with Crippen LogP contribution in [0.3, 0.4) is 0 Å². The first-order valence-corrected chi connectivity index (χ1v) is 15.1. The highest BCUT2D eigenvalue weighted by Gasteiger charge is 2.38. The summed E-state index contributed by atoms with van der Waals surface area (Å²) in [7, 11) is 3.61. The van der Waals surface area contributed by atoms with Gasteiger partial charge >= 0.3 is 0 Å². The number of allylic oxidation sites excluding steroid dienone is 8. The maximum atomic E-state index is 5.76. The predicted octanol–water partition coefficient (Wildman–Crippen LogP) is 9.89. The molecule has 0 N–H and O–H groups in total. The number of hydrogen-bond acceptors (Lipinski definition) is 2. The van der Waals surface area contributed by atoms with Gasteiger partial charge in [0.15, 0.2) is 0 Å². The molecule has 2 heteroatoms. The second-order valence-electron chi connectivity index (χ2n) is 12.9. The Kier molecular flexibility index (Phi) is 11.3. The maximum Gasteiger partial charge on any atom is 0.0991 e. The van der Waals surface area contributed by atoms with Crippen LogP contribution in [0.1, 0.15) is 106 Å². The van der Waals surface area contributed by atoms with Crippen LogP contribution in [0.4, 0.5) is 0 Å². The van der Waals surface area contributed by atoms with Gasteiger partial charge in [-0.25, -0.2) is 0 Å². The second-order valence-corrected chi connectivity index (χ2v) is 12.9. The molecule has 0 bridgehead atoms. The van der Waals surface area contributed by atoms with Crippen LogP contribution in [0.2, 0.25) is 0 Å². The average Bonchev–Trinajstić information content (AvgIpc) is 2.86. The lowest BCUT2D eigenvalue weighted by Crippen LogP contribution is -2.34. The second kappa shape index (κ2) is 13.9. The van der Waals surface area contributed by atoms with E-state index in [1.54, 1.807) is 12.7 Å². The summed E-state index contributed by atoms with van der Waals surface area (Å²) < 4.78 is 11.2. The van der Waals surface area contributed by atoms with Crippen LogP contribution < -0.4 is 0 Å². The van der Waals surface area contributed by atoms with Crippen LogP contribution in [0.5, 0.6) is 0 Å². The van der Waals surface area contributed by atoms with Crippen molar-refractivity contribution in [1.82, 2.24) is 0 Å². The first-order valence-electron chi connectivity index (χ1n) is 15.1. The Hall–Kier alpha value is -1.44. The minimum absolute atomic E-state index is 0.612. The van der Waals surface area contributed by atoms with Gasteiger partial charge in [0.1, 0.15) is 0 Å². The first kappa shape index (κ1) is 29.1. The van der Waals surface area contributed by atoms with Crippen molar-refractivity contribution in [1.29, 1.82) is 0 Å². The molecule has 204 valence electrons. The van der Waals surface area contributed by atoms with Crippen LogP contribution >= 0.6 is 0 Å². The molecule has 4 unspecified atom stereocenters. The highest BCUT2D eigenvalue weighted by atomic mass is 16.5. The topological polar surface area (TPSA) is 18.5 Å². The Balaban J connectivity index is 1.43. The summed E-state index contributed by atoms with van der Waals surface area (Å²) >= 11 is 0. The SMILES string of the molecule is CO/C(C)=C/C=C(/CCC1CCC(CC/C(C)=C/C=C(/OC)C2C(C)CC2C)CC1)C1C(C)CC1C. The maximum absolute atomic E-state index is 5.76. The van der Waals surface area contributed by atoms with Crippen molar-refractivity contribution in [2.75, 3.05) is 14.2 Å². The zero-order valence-corrected chi connectivity index (χ0v) is 24.8. The molecule has 2 nitrogen and oxygen atoms in total. The zero-order valence-electron chi connectivity index (χ0n) is 24.8. The van der Waals surface area contributed by atoms with Gasteiger partial charge < -0.3 is 9.47 Å². The van der Waals surface area contributed by atoms with E-state index in [1.807, 2.05) is 7.11 Å². The molecule has 0 spiro atoms. The van der Waals surface area contributed by atoms with Crippen molar-refractivity contribution in [3.05, 3.63) is 47.0 Å². The van der Waals surface area contributed by atoms with Crippen LogP contribution in [0, 0.1) is 47.3 Å². The minimum Gasteiger partial charge on any atom is -0.501 e. The quantitative estimate of drug-likeness (QED) is 0.198. The van der Waals surface area contributed by atoms with Crippen molar-refractivity contribution < 1.29 is 9.47 Å². The lowest BCUT2D eigenvalue weighted by Gasteiger charge is -2.43. The van der Waals surface area contributed by atoms with Gasteiger partial charge in [-0.05, 0) is 106 Å². The Labute approximate surface area is 223 Å². The van der Waals surface area contributed by atoms with Gasteiger partial charge in [0.25, 0.3) is 0 Å². The molecule has 0 aromatic heterocycles. The Morgan fingerprint density at radius 3 is 1.64 bits per heavy atom. The fourth-order valence-corrected chi connectivity index (χ4v) is 7.67. The number of ether oxygens (including phenoxy) is 2. The monoisotopic (exact) mass is 496 g/mol. The molecule has 3 aliphatic carbocycles. The lowest BCUT2D eigenvalue weighted by atomic mass is 9.62. The molecule has 3 saturated carbocycles. The van der Waals surface area contributed by atoms with E-state index in [1.165, 1.54) is 75.5 Å². The largest absolute Gasteiger partial charge is 0.501 e. The molecule has 36 heavy (non-hydrogen) atoms. The molecule has 0 aliphatic heterocycles. The number of hydrogen-bond donors (Lipinski definition) is 0. The molecule has 3 fully saturated rings. The third kappa shape index (κ3) is 7.78. The van der Waals surface area contributed by atoms with E-state index in [9.17, 15) is 0 Å². The van der Waals surface area contributed by atoms with E-state index < -0.39 is 0 Å². The van der Waals surface area contributed by atoms with Crippen molar-refractivity contribution >= 4 is 0 Å². The van der Waals surface area contributed by atoms with Crippen LogP contribution in [0.25, 0.3) is 0 Å². The zero-order chi connectivity index (χ0) is 26.2. The van der Waals surface area contributed by atoms with Crippen molar-refractivity contribution in [2.24, 2.45) is 47.3 Å². The summed E-state index contributed by atoms with van der Waals surface area (Å²) in [5.74, 6) is 8.61. The standard InChI is InChI=1S/C34H56O2/c1-23(10-20-32(36-8)34-26(4)22-27(34)5)9-12-29-13-15-30(16-14-29)17-19-31(18-11-28(6)35-7)33-24(2)21-25(33)3/h10-11,18,20,24-27,29-30,33-34H,9,12-17,19,21-22H2,1-8H3/b23-10+,28-11+,31-18-,32-20+. The summed E-state index contributed by atoms with van der Waals surface area (Å²) in [6, 6.07) is 0. The normalized spacial score (nSPS) is 36.2.